The minimum atomic E-state index is -0.698. The molecule has 180 valence electrons. The van der Waals surface area contributed by atoms with E-state index >= 15 is 0 Å². The maximum absolute atomic E-state index is 13.6. The fraction of sp³-hybridized carbons (Fsp3) is 0.500. The third kappa shape index (κ3) is 4.53. The van der Waals surface area contributed by atoms with Crippen LogP contribution in [0.2, 0.25) is 0 Å². The highest BCUT2D eigenvalue weighted by atomic mass is 19.1. The molecule has 3 heterocycles. The summed E-state index contributed by atoms with van der Waals surface area (Å²) in [4.78, 5) is 6.98. The van der Waals surface area contributed by atoms with Crippen molar-refractivity contribution in [1.82, 2.24) is 25.0 Å². The minimum Gasteiger partial charge on any atom is -0.480 e. The minimum absolute atomic E-state index is 0.0117. The van der Waals surface area contributed by atoms with Gasteiger partial charge >= 0.3 is 6.01 Å². The molecule has 2 aromatic heterocycles. The van der Waals surface area contributed by atoms with Crippen molar-refractivity contribution in [2.45, 2.75) is 39.2 Å². The lowest BCUT2D eigenvalue weighted by molar-refractivity contribution is 0.265. The van der Waals surface area contributed by atoms with Gasteiger partial charge in [-0.3, -0.25) is 0 Å². The number of ether oxygens (including phenoxy) is 2. The van der Waals surface area contributed by atoms with Gasteiger partial charge in [-0.1, -0.05) is 0 Å². The third-order valence-electron chi connectivity index (χ3n) is 6.82. The molecule has 0 radical (unpaired) electrons. The Kier molecular flexibility index (Phi) is 6.05. The van der Waals surface area contributed by atoms with E-state index in [1.807, 2.05) is 19.9 Å². The molecule has 0 spiro atoms. The first kappa shape index (κ1) is 22.5. The van der Waals surface area contributed by atoms with E-state index in [2.05, 4.69) is 25.2 Å². The van der Waals surface area contributed by atoms with Crippen molar-refractivity contribution in [2.24, 2.45) is 17.8 Å². The number of hydrogen-bond donors (Lipinski definition) is 0. The van der Waals surface area contributed by atoms with Gasteiger partial charge in [-0.25, -0.2) is 13.5 Å². The number of piperidine rings is 1. The van der Waals surface area contributed by atoms with Crippen LogP contribution in [0.25, 0.3) is 0 Å². The first-order valence-corrected chi connectivity index (χ1v) is 11.6. The van der Waals surface area contributed by atoms with Crippen LogP contribution in [0.4, 0.5) is 14.5 Å². The largest absolute Gasteiger partial charge is 0.480 e. The number of fused-ring (bicyclic) bond motifs is 2. The predicted octanol–water partition coefficient (Wildman–Crippen LogP) is 4.43. The molecular formula is C24H28F2N6O2. The predicted molar refractivity (Wildman–Crippen MR) is 121 cm³/mol. The van der Waals surface area contributed by atoms with Crippen molar-refractivity contribution >= 4 is 5.69 Å². The number of aromatic nitrogens is 5. The summed E-state index contributed by atoms with van der Waals surface area (Å²) in [6.07, 6.45) is 4.86. The standard InChI is InChI=1S/C24H28F2N6O2/c1-14(2)32-24(34-20-7-17(25)6-18(26)8-20)28-22(30-32)10-21-15-4-5-16(21)13-31(12-15)19-9-23(33-3)29-27-11-19/h6-9,11,14-16,21H,4-5,10,12-13H2,1-3H3/t15-,16+,21?. The van der Waals surface area contributed by atoms with Crippen molar-refractivity contribution < 1.29 is 18.3 Å². The van der Waals surface area contributed by atoms with E-state index in [1.165, 1.54) is 0 Å². The maximum Gasteiger partial charge on any atom is 0.320 e. The van der Waals surface area contributed by atoms with E-state index < -0.39 is 11.6 Å². The van der Waals surface area contributed by atoms with Gasteiger partial charge in [0.05, 0.1) is 25.0 Å². The number of anilines is 1. The summed E-state index contributed by atoms with van der Waals surface area (Å²) in [5.74, 6) is 1.39. The number of halogens is 2. The van der Waals surface area contributed by atoms with Crippen LogP contribution in [0.15, 0.2) is 30.5 Å². The van der Waals surface area contributed by atoms with Gasteiger partial charge < -0.3 is 14.4 Å². The van der Waals surface area contributed by atoms with Crippen LogP contribution in [0, 0.1) is 29.4 Å². The van der Waals surface area contributed by atoms with Crippen LogP contribution in [0.1, 0.15) is 38.6 Å². The summed E-state index contributed by atoms with van der Waals surface area (Å²) < 4.78 is 39.9. The Hall–Kier alpha value is -3.30. The highest BCUT2D eigenvalue weighted by molar-refractivity contribution is 5.47. The average Bonchev–Trinajstić information content (AvgIpc) is 3.29. The Balaban J connectivity index is 1.32. The molecule has 2 aliphatic rings. The van der Waals surface area contributed by atoms with Gasteiger partial charge in [-0.05, 0) is 44.4 Å². The first-order chi connectivity index (χ1) is 16.4. The normalized spacial score (nSPS) is 21.8. The zero-order valence-corrected chi connectivity index (χ0v) is 19.5. The Bertz CT molecular complexity index is 1140. The summed E-state index contributed by atoms with van der Waals surface area (Å²) in [5.41, 5.74) is 1.03. The number of methoxy groups -OCH3 is 1. The zero-order chi connectivity index (χ0) is 23.8. The van der Waals surface area contributed by atoms with E-state index in [-0.39, 0.29) is 17.8 Å². The number of rotatable bonds is 7. The van der Waals surface area contributed by atoms with E-state index in [4.69, 9.17) is 9.47 Å². The lowest BCUT2D eigenvalue weighted by Gasteiger charge is -2.38. The maximum atomic E-state index is 13.6. The average molecular weight is 471 g/mol. The van der Waals surface area contributed by atoms with Crippen LogP contribution in [-0.4, -0.2) is 45.2 Å². The van der Waals surface area contributed by atoms with Gasteiger partial charge in [0.1, 0.15) is 17.4 Å². The van der Waals surface area contributed by atoms with Gasteiger partial charge in [0.15, 0.2) is 5.82 Å². The lowest BCUT2D eigenvalue weighted by Crippen LogP contribution is -2.42. The molecular weight excluding hydrogens is 442 g/mol. The number of benzene rings is 1. The second-order valence-corrected chi connectivity index (χ2v) is 9.38. The molecule has 1 aliphatic carbocycles. The Labute approximate surface area is 196 Å². The molecule has 10 heteroatoms. The molecule has 1 saturated heterocycles. The summed E-state index contributed by atoms with van der Waals surface area (Å²) in [6, 6.07) is 5.25. The fourth-order valence-electron chi connectivity index (χ4n) is 5.24. The van der Waals surface area contributed by atoms with Gasteiger partial charge in [-0.15, -0.1) is 5.10 Å². The molecule has 8 nitrogen and oxygen atoms in total. The van der Waals surface area contributed by atoms with Crippen molar-refractivity contribution in [3.05, 3.63) is 47.9 Å². The molecule has 1 saturated carbocycles. The third-order valence-corrected chi connectivity index (χ3v) is 6.82. The van der Waals surface area contributed by atoms with E-state index in [0.717, 1.165) is 56.2 Å². The Morgan fingerprint density at radius 3 is 2.41 bits per heavy atom. The second-order valence-electron chi connectivity index (χ2n) is 9.38. The molecule has 5 rings (SSSR count). The Morgan fingerprint density at radius 1 is 1.06 bits per heavy atom. The SMILES string of the molecule is COc1cc(N2C[C@H]3CC[C@@H](C2)C3Cc2nc(Oc3cc(F)cc(F)c3)n(C(C)C)n2)cnn1. The molecule has 34 heavy (non-hydrogen) atoms. The monoisotopic (exact) mass is 470 g/mol. The highest BCUT2D eigenvalue weighted by Crippen LogP contribution is 2.44. The number of nitrogens with zero attached hydrogens (tertiary/aromatic N) is 6. The van der Waals surface area contributed by atoms with Crippen LogP contribution in [0.3, 0.4) is 0 Å². The van der Waals surface area contributed by atoms with E-state index in [0.29, 0.717) is 29.5 Å². The molecule has 1 aliphatic heterocycles. The summed E-state index contributed by atoms with van der Waals surface area (Å²) >= 11 is 0. The van der Waals surface area contributed by atoms with Crippen LogP contribution >= 0.6 is 0 Å². The van der Waals surface area contributed by atoms with Crippen molar-refractivity contribution in [3.8, 4) is 17.6 Å². The van der Waals surface area contributed by atoms with Crippen molar-refractivity contribution in [3.63, 3.8) is 0 Å². The van der Waals surface area contributed by atoms with E-state index in [1.54, 1.807) is 18.0 Å². The molecule has 2 bridgehead atoms. The molecule has 3 atom stereocenters. The van der Waals surface area contributed by atoms with Gasteiger partial charge in [0.25, 0.3) is 0 Å². The molecule has 1 aromatic carbocycles. The smallest absolute Gasteiger partial charge is 0.320 e. The second kappa shape index (κ2) is 9.15. The molecule has 0 N–H and O–H groups in total. The van der Waals surface area contributed by atoms with Crippen LogP contribution < -0.4 is 14.4 Å². The highest BCUT2D eigenvalue weighted by Gasteiger charge is 2.42. The Morgan fingerprint density at radius 2 is 1.76 bits per heavy atom. The van der Waals surface area contributed by atoms with Crippen molar-refractivity contribution in [2.75, 3.05) is 25.1 Å². The van der Waals surface area contributed by atoms with Gasteiger partial charge in [-0.2, -0.15) is 15.2 Å². The molecule has 0 amide bonds. The zero-order valence-electron chi connectivity index (χ0n) is 19.5. The summed E-state index contributed by atoms with van der Waals surface area (Å²) in [7, 11) is 1.59. The van der Waals surface area contributed by atoms with Gasteiger partial charge in [0, 0.05) is 43.8 Å². The first-order valence-electron chi connectivity index (χ1n) is 11.6. The fourth-order valence-corrected chi connectivity index (χ4v) is 5.24. The topological polar surface area (TPSA) is 78.2 Å². The summed E-state index contributed by atoms with van der Waals surface area (Å²) in [5, 5.41) is 12.7. The van der Waals surface area contributed by atoms with Crippen LogP contribution in [-0.2, 0) is 6.42 Å². The molecule has 2 fully saturated rings. The number of hydrogen-bond acceptors (Lipinski definition) is 7. The quantitative estimate of drug-likeness (QED) is 0.505. The molecule has 3 aromatic rings. The van der Waals surface area contributed by atoms with Crippen LogP contribution in [0.5, 0.6) is 17.6 Å². The summed E-state index contributed by atoms with van der Waals surface area (Å²) in [6.45, 7) is 5.81. The molecule has 1 unspecified atom stereocenters. The van der Waals surface area contributed by atoms with Gasteiger partial charge in [0.2, 0.25) is 5.88 Å². The lowest BCUT2D eigenvalue weighted by atomic mass is 9.82. The van der Waals surface area contributed by atoms with Crippen molar-refractivity contribution in [1.29, 1.82) is 0 Å². The van der Waals surface area contributed by atoms with E-state index in [9.17, 15) is 8.78 Å².